The number of para-hydroxylation sites is 1. The third-order valence-corrected chi connectivity index (χ3v) is 3.74. The van der Waals surface area contributed by atoms with E-state index in [0.717, 1.165) is 28.6 Å². The van der Waals surface area contributed by atoms with E-state index in [1.54, 1.807) is 10.8 Å². The van der Waals surface area contributed by atoms with E-state index in [-0.39, 0.29) is 12.5 Å². The summed E-state index contributed by atoms with van der Waals surface area (Å²) in [6.07, 6.45) is 2.28. The lowest BCUT2D eigenvalue weighted by atomic mass is 10.1. The fourth-order valence-corrected chi connectivity index (χ4v) is 2.82. The molecule has 1 aromatic carbocycles. The normalized spacial score (nSPS) is 11.2. The van der Waals surface area contributed by atoms with Crippen LogP contribution >= 0.6 is 0 Å². The molecule has 7 nitrogen and oxygen atoms in total. The van der Waals surface area contributed by atoms with Crippen molar-refractivity contribution in [1.82, 2.24) is 19.6 Å². The van der Waals surface area contributed by atoms with Crippen LogP contribution < -0.4 is 11.5 Å². The number of anilines is 1. The average molecular weight is 298 g/mol. The number of benzene rings is 1. The van der Waals surface area contributed by atoms with Gasteiger partial charge in [-0.05, 0) is 31.5 Å². The predicted molar refractivity (Wildman–Crippen MR) is 84.5 cm³/mol. The Balaban J connectivity index is 2.06. The lowest BCUT2D eigenvalue weighted by Crippen LogP contribution is -2.19. The van der Waals surface area contributed by atoms with Crippen LogP contribution in [0.25, 0.3) is 10.9 Å². The minimum Gasteiger partial charge on any atom is -0.381 e. The molecule has 0 saturated heterocycles. The number of hydrogen-bond donors (Lipinski definition) is 2. The molecule has 0 aliphatic carbocycles. The van der Waals surface area contributed by atoms with Crippen molar-refractivity contribution in [1.29, 1.82) is 0 Å². The molecule has 114 valence electrons. The first kappa shape index (κ1) is 14.3. The van der Waals surface area contributed by atoms with E-state index in [4.69, 9.17) is 11.5 Å². The Morgan fingerprint density at radius 2 is 2.09 bits per heavy atom. The summed E-state index contributed by atoms with van der Waals surface area (Å²) in [6, 6.07) is 7.85. The first-order valence-corrected chi connectivity index (χ1v) is 7.09. The Labute approximate surface area is 127 Å². The number of rotatable bonds is 4. The molecule has 0 aliphatic rings. The molecule has 0 atom stereocenters. The van der Waals surface area contributed by atoms with E-state index in [1.165, 1.54) is 4.68 Å². The quantitative estimate of drug-likeness (QED) is 0.746. The van der Waals surface area contributed by atoms with Gasteiger partial charge in [-0.15, -0.1) is 5.10 Å². The molecule has 0 unspecified atom stereocenters. The molecule has 0 aliphatic heterocycles. The lowest BCUT2D eigenvalue weighted by molar-refractivity contribution is 0.0889. The molecule has 0 radical (unpaired) electrons. The number of aromatic nitrogens is 4. The van der Waals surface area contributed by atoms with E-state index in [0.29, 0.717) is 12.4 Å². The van der Waals surface area contributed by atoms with E-state index >= 15 is 0 Å². The molecule has 0 saturated carbocycles. The standard InChI is InChI=1S/C15H18N6O/c1-10-11(6-7-16)12-4-2-3-5-13(12)21(10)15(22)9-20-8-14(17)18-19-20/h2-5,8H,6-7,9,16-17H2,1H3. The van der Waals surface area contributed by atoms with Gasteiger partial charge in [0.25, 0.3) is 5.91 Å². The van der Waals surface area contributed by atoms with Crippen LogP contribution in [0.1, 0.15) is 16.1 Å². The number of nitrogens with zero attached hydrogens (tertiary/aromatic N) is 4. The Bertz CT molecular complexity index is 832. The van der Waals surface area contributed by atoms with E-state index in [2.05, 4.69) is 10.3 Å². The highest BCUT2D eigenvalue weighted by atomic mass is 16.2. The van der Waals surface area contributed by atoms with Crippen molar-refractivity contribution >= 4 is 22.6 Å². The van der Waals surface area contributed by atoms with Crippen LogP contribution in [-0.4, -0.2) is 32.0 Å². The van der Waals surface area contributed by atoms with Crippen molar-refractivity contribution in [2.24, 2.45) is 5.73 Å². The van der Waals surface area contributed by atoms with Crippen LogP contribution in [0.15, 0.2) is 30.5 Å². The number of nitrogens with two attached hydrogens (primary N) is 2. The second kappa shape index (κ2) is 5.61. The molecule has 3 aromatic rings. The summed E-state index contributed by atoms with van der Waals surface area (Å²) in [4.78, 5) is 12.7. The van der Waals surface area contributed by atoms with Crippen molar-refractivity contribution in [3.05, 3.63) is 41.7 Å². The largest absolute Gasteiger partial charge is 0.381 e. The second-order valence-electron chi connectivity index (χ2n) is 5.19. The van der Waals surface area contributed by atoms with Crippen molar-refractivity contribution in [3.63, 3.8) is 0 Å². The highest BCUT2D eigenvalue weighted by Crippen LogP contribution is 2.26. The van der Waals surface area contributed by atoms with Crippen LogP contribution in [0.4, 0.5) is 5.82 Å². The van der Waals surface area contributed by atoms with Gasteiger partial charge in [-0.3, -0.25) is 9.36 Å². The zero-order valence-electron chi connectivity index (χ0n) is 12.4. The molecule has 3 rings (SSSR count). The number of carbonyl (C=O) groups is 1. The van der Waals surface area contributed by atoms with Crippen LogP contribution in [0.5, 0.6) is 0 Å². The predicted octanol–water partition coefficient (Wildman–Crippen LogP) is 0.965. The fraction of sp³-hybridized carbons (Fsp3) is 0.267. The molecule has 0 fully saturated rings. The van der Waals surface area contributed by atoms with Gasteiger partial charge in [-0.25, -0.2) is 4.68 Å². The molecular formula is C15H18N6O. The molecular weight excluding hydrogens is 280 g/mol. The summed E-state index contributed by atoms with van der Waals surface area (Å²) in [7, 11) is 0. The average Bonchev–Trinajstić information content (AvgIpc) is 3.02. The number of nitrogen functional groups attached to an aromatic ring is 1. The van der Waals surface area contributed by atoms with E-state index in [9.17, 15) is 4.79 Å². The molecule has 0 spiro atoms. The zero-order valence-corrected chi connectivity index (χ0v) is 12.4. The third kappa shape index (κ3) is 2.35. The Kier molecular flexibility index (Phi) is 3.64. The van der Waals surface area contributed by atoms with Crippen LogP contribution in [0, 0.1) is 6.92 Å². The first-order valence-electron chi connectivity index (χ1n) is 7.09. The van der Waals surface area contributed by atoms with Gasteiger partial charge in [-0.1, -0.05) is 23.4 Å². The third-order valence-electron chi connectivity index (χ3n) is 3.74. The van der Waals surface area contributed by atoms with Gasteiger partial charge in [0.2, 0.25) is 0 Å². The van der Waals surface area contributed by atoms with Gasteiger partial charge < -0.3 is 11.5 Å². The smallest absolute Gasteiger partial charge is 0.253 e. The Morgan fingerprint density at radius 3 is 2.77 bits per heavy atom. The van der Waals surface area contributed by atoms with Crippen molar-refractivity contribution < 1.29 is 4.79 Å². The molecule has 0 amide bonds. The van der Waals surface area contributed by atoms with Crippen molar-refractivity contribution in [3.8, 4) is 0 Å². The van der Waals surface area contributed by atoms with E-state index in [1.807, 2.05) is 31.2 Å². The number of hydrogen-bond acceptors (Lipinski definition) is 5. The van der Waals surface area contributed by atoms with Gasteiger partial charge in [0.1, 0.15) is 6.54 Å². The topological polar surface area (TPSA) is 105 Å². The highest BCUT2D eigenvalue weighted by molar-refractivity contribution is 5.96. The first-order chi connectivity index (χ1) is 10.6. The summed E-state index contributed by atoms with van der Waals surface area (Å²) in [5.41, 5.74) is 14.2. The monoisotopic (exact) mass is 298 g/mol. The maximum Gasteiger partial charge on any atom is 0.253 e. The Morgan fingerprint density at radius 1 is 1.32 bits per heavy atom. The van der Waals surface area contributed by atoms with Gasteiger partial charge in [0.05, 0.1) is 11.7 Å². The Hall–Kier alpha value is -2.67. The maximum absolute atomic E-state index is 12.7. The molecule has 4 N–H and O–H groups in total. The molecule has 2 aromatic heterocycles. The number of carbonyl (C=O) groups excluding carboxylic acids is 1. The zero-order chi connectivity index (χ0) is 15.7. The minimum atomic E-state index is -0.0816. The van der Waals surface area contributed by atoms with Crippen LogP contribution in [-0.2, 0) is 13.0 Å². The molecule has 0 bridgehead atoms. The fourth-order valence-electron chi connectivity index (χ4n) is 2.82. The maximum atomic E-state index is 12.7. The van der Waals surface area contributed by atoms with Gasteiger partial charge in [-0.2, -0.15) is 0 Å². The second-order valence-corrected chi connectivity index (χ2v) is 5.19. The summed E-state index contributed by atoms with van der Waals surface area (Å²) >= 11 is 0. The molecule has 7 heteroatoms. The summed E-state index contributed by atoms with van der Waals surface area (Å²) in [5.74, 6) is 0.215. The van der Waals surface area contributed by atoms with Gasteiger partial charge >= 0.3 is 0 Å². The SMILES string of the molecule is Cc1c(CCN)c2ccccc2n1C(=O)Cn1cc(N)nn1. The summed E-state index contributed by atoms with van der Waals surface area (Å²) in [5, 5.41) is 8.58. The van der Waals surface area contributed by atoms with E-state index < -0.39 is 0 Å². The van der Waals surface area contributed by atoms with Crippen LogP contribution in [0.2, 0.25) is 0 Å². The minimum absolute atomic E-state index is 0.0816. The molecule has 22 heavy (non-hydrogen) atoms. The van der Waals surface area contributed by atoms with Gasteiger partial charge in [0.15, 0.2) is 5.82 Å². The summed E-state index contributed by atoms with van der Waals surface area (Å²) < 4.78 is 3.16. The van der Waals surface area contributed by atoms with Gasteiger partial charge in [0, 0.05) is 11.1 Å². The number of fused-ring (bicyclic) bond motifs is 1. The van der Waals surface area contributed by atoms with Crippen molar-refractivity contribution in [2.75, 3.05) is 12.3 Å². The highest BCUT2D eigenvalue weighted by Gasteiger charge is 2.18. The van der Waals surface area contributed by atoms with Crippen molar-refractivity contribution in [2.45, 2.75) is 19.9 Å². The lowest BCUT2D eigenvalue weighted by Gasteiger charge is -2.07. The summed E-state index contributed by atoms with van der Waals surface area (Å²) in [6.45, 7) is 2.58. The van der Waals surface area contributed by atoms with Crippen LogP contribution in [0.3, 0.4) is 0 Å². The molecule has 2 heterocycles.